The van der Waals surface area contributed by atoms with E-state index in [2.05, 4.69) is 15.0 Å². The number of halogens is 1. The Morgan fingerprint density at radius 3 is 2.33 bits per heavy atom. The molecule has 2 aromatic carbocycles. The molecule has 0 aliphatic rings. The van der Waals surface area contributed by atoms with Gasteiger partial charge in [-0.2, -0.15) is 0 Å². The molecule has 0 saturated heterocycles. The van der Waals surface area contributed by atoms with Crippen LogP contribution in [0, 0.1) is 0 Å². The standard InChI is InChI=1S/C17H14ClN3O2S/c18-13-5-4-6-14(11-13)20-15-9-10-17(19-12-15)21-24(22,23)16-7-2-1-3-8-16/h1-12,20H,(H,19,21). The summed E-state index contributed by atoms with van der Waals surface area (Å²) >= 11 is 5.93. The van der Waals surface area contributed by atoms with Gasteiger partial charge in [0.15, 0.2) is 0 Å². The molecule has 0 atom stereocenters. The highest BCUT2D eigenvalue weighted by Crippen LogP contribution is 2.21. The fourth-order valence-corrected chi connectivity index (χ4v) is 3.28. The number of benzene rings is 2. The molecule has 0 aliphatic heterocycles. The first-order chi connectivity index (χ1) is 11.5. The van der Waals surface area contributed by atoms with Crippen LogP contribution in [0.15, 0.2) is 77.8 Å². The molecule has 1 heterocycles. The second-order valence-electron chi connectivity index (χ2n) is 4.99. The van der Waals surface area contributed by atoms with Crippen LogP contribution >= 0.6 is 11.6 Å². The highest BCUT2D eigenvalue weighted by atomic mass is 35.5. The van der Waals surface area contributed by atoms with Crippen molar-refractivity contribution < 1.29 is 8.42 Å². The van der Waals surface area contributed by atoms with Gasteiger partial charge in [0, 0.05) is 10.7 Å². The summed E-state index contributed by atoms with van der Waals surface area (Å²) in [7, 11) is -3.64. The van der Waals surface area contributed by atoms with Gasteiger partial charge in [0.25, 0.3) is 10.0 Å². The molecule has 0 amide bonds. The summed E-state index contributed by atoms with van der Waals surface area (Å²) < 4.78 is 26.9. The monoisotopic (exact) mass is 359 g/mol. The molecular formula is C17H14ClN3O2S. The van der Waals surface area contributed by atoms with Crippen molar-refractivity contribution in [1.82, 2.24) is 4.98 Å². The fraction of sp³-hybridized carbons (Fsp3) is 0. The Bertz CT molecular complexity index is 930. The van der Waals surface area contributed by atoms with Gasteiger partial charge >= 0.3 is 0 Å². The first-order valence-electron chi connectivity index (χ1n) is 7.09. The van der Waals surface area contributed by atoms with Gasteiger partial charge in [0.05, 0.1) is 16.8 Å². The number of aromatic nitrogens is 1. The molecule has 2 N–H and O–H groups in total. The molecule has 0 radical (unpaired) electrons. The fourth-order valence-electron chi connectivity index (χ4n) is 2.06. The van der Waals surface area contributed by atoms with E-state index in [0.29, 0.717) is 5.02 Å². The molecule has 3 aromatic rings. The molecule has 0 bridgehead atoms. The van der Waals surface area contributed by atoms with Crippen LogP contribution in [0.25, 0.3) is 0 Å². The topological polar surface area (TPSA) is 71.1 Å². The van der Waals surface area contributed by atoms with Crippen molar-refractivity contribution in [2.45, 2.75) is 4.90 Å². The van der Waals surface area contributed by atoms with E-state index < -0.39 is 10.0 Å². The summed E-state index contributed by atoms with van der Waals surface area (Å²) in [4.78, 5) is 4.31. The van der Waals surface area contributed by atoms with Crippen LogP contribution in [0.1, 0.15) is 0 Å². The third-order valence-electron chi connectivity index (χ3n) is 3.17. The minimum Gasteiger partial charge on any atom is -0.354 e. The molecule has 122 valence electrons. The summed E-state index contributed by atoms with van der Waals surface area (Å²) in [5.74, 6) is 0.246. The second kappa shape index (κ2) is 6.90. The molecule has 0 spiro atoms. The Morgan fingerprint density at radius 1 is 0.875 bits per heavy atom. The van der Waals surface area contributed by atoms with Crippen LogP contribution in [0.2, 0.25) is 5.02 Å². The van der Waals surface area contributed by atoms with E-state index in [1.54, 1.807) is 48.7 Å². The van der Waals surface area contributed by atoms with Crippen molar-refractivity contribution in [3.05, 3.63) is 77.9 Å². The predicted octanol–water partition coefficient (Wildman–Crippen LogP) is 4.28. The third-order valence-corrected chi connectivity index (χ3v) is 4.77. The molecule has 7 heteroatoms. The van der Waals surface area contributed by atoms with E-state index >= 15 is 0 Å². The minimum absolute atomic E-state index is 0.188. The van der Waals surface area contributed by atoms with Crippen LogP contribution in [-0.2, 0) is 10.0 Å². The SMILES string of the molecule is O=S(=O)(Nc1ccc(Nc2cccc(Cl)c2)cn1)c1ccccc1. The lowest BCUT2D eigenvalue weighted by molar-refractivity contribution is 0.601. The third kappa shape index (κ3) is 4.04. The van der Waals surface area contributed by atoms with Crippen molar-refractivity contribution in [2.24, 2.45) is 0 Å². The molecule has 0 unspecified atom stereocenters. The highest BCUT2D eigenvalue weighted by molar-refractivity contribution is 7.92. The van der Waals surface area contributed by atoms with Crippen LogP contribution < -0.4 is 10.0 Å². The van der Waals surface area contributed by atoms with Gasteiger partial charge in [-0.05, 0) is 42.5 Å². The molecule has 3 rings (SSSR count). The predicted molar refractivity (Wildman–Crippen MR) is 96.2 cm³/mol. The summed E-state index contributed by atoms with van der Waals surface area (Å²) in [5, 5.41) is 3.77. The smallest absolute Gasteiger partial charge is 0.263 e. The van der Waals surface area contributed by atoms with E-state index in [1.807, 2.05) is 12.1 Å². The van der Waals surface area contributed by atoms with Gasteiger partial charge in [-0.25, -0.2) is 13.4 Å². The van der Waals surface area contributed by atoms with Crippen molar-refractivity contribution in [3.63, 3.8) is 0 Å². The van der Waals surface area contributed by atoms with Crippen LogP contribution in [0.4, 0.5) is 17.2 Å². The summed E-state index contributed by atoms with van der Waals surface area (Å²) in [6, 6.07) is 18.7. The highest BCUT2D eigenvalue weighted by Gasteiger charge is 2.13. The Hall–Kier alpha value is -2.57. The van der Waals surface area contributed by atoms with Crippen molar-refractivity contribution in [1.29, 1.82) is 0 Å². The lowest BCUT2D eigenvalue weighted by Gasteiger charge is -2.09. The average Bonchev–Trinajstić information content (AvgIpc) is 2.57. The van der Waals surface area contributed by atoms with Crippen LogP contribution in [0.5, 0.6) is 0 Å². The minimum atomic E-state index is -3.64. The van der Waals surface area contributed by atoms with Gasteiger partial charge in [-0.3, -0.25) is 4.72 Å². The van der Waals surface area contributed by atoms with Gasteiger partial charge < -0.3 is 5.32 Å². The zero-order valence-electron chi connectivity index (χ0n) is 12.5. The van der Waals surface area contributed by atoms with E-state index in [-0.39, 0.29) is 10.7 Å². The Morgan fingerprint density at radius 2 is 1.67 bits per heavy atom. The van der Waals surface area contributed by atoms with Crippen molar-refractivity contribution >= 4 is 38.8 Å². The van der Waals surface area contributed by atoms with Crippen LogP contribution in [-0.4, -0.2) is 13.4 Å². The largest absolute Gasteiger partial charge is 0.354 e. The molecular weight excluding hydrogens is 346 g/mol. The van der Waals surface area contributed by atoms with Gasteiger partial charge in [-0.1, -0.05) is 35.9 Å². The van der Waals surface area contributed by atoms with Crippen LogP contribution in [0.3, 0.4) is 0 Å². The zero-order valence-corrected chi connectivity index (χ0v) is 14.1. The lowest BCUT2D eigenvalue weighted by Crippen LogP contribution is -2.13. The van der Waals surface area contributed by atoms with Gasteiger partial charge in [0.2, 0.25) is 0 Å². The van der Waals surface area contributed by atoms with Gasteiger partial charge in [0.1, 0.15) is 5.82 Å². The van der Waals surface area contributed by atoms with E-state index in [9.17, 15) is 8.42 Å². The molecule has 5 nitrogen and oxygen atoms in total. The summed E-state index contributed by atoms with van der Waals surface area (Å²) in [5.41, 5.74) is 1.54. The number of nitrogens with zero attached hydrogens (tertiary/aromatic N) is 1. The lowest BCUT2D eigenvalue weighted by atomic mass is 10.3. The first kappa shape index (κ1) is 16.3. The Balaban J connectivity index is 1.73. The van der Waals surface area contributed by atoms with E-state index in [1.165, 1.54) is 12.1 Å². The molecule has 0 fully saturated rings. The summed E-state index contributed by atoms with van der Waals surface area (Å²) in [6.07, 6.45) is 1.55. The summed E-state index contributed by atoms with van der Waals surface area (Å²) in [6.45, 7) is 0. The quantitative estimate of drug-likeness (QED) is 0.713. The Labute approximate surface area is 145 Å². The number of hydrogen-bond acceptors (Lipinski definition) is 4. The maximum Gasteiger partial charge on any atom is 0.263 e. The zero-order chi connectivity index (χ0) is 17.0. The molecule has 0 saturated carbocycles. The number of pyridine rings is 1. The molecule has 24 heavy (non-hydrogen) atoms. The number of hydrogen-bond donors (Lipinski definition) is 2. The van der Waals surface area contributed by atoms with E-state index in [4.69, 9.17) is 11.6 Å². The number of anilines is 3. The number of sulfonamides is 1. The van der Waals surface area contributed by atoms with Crippen molar-refractivity contribution in [3.8, 4) is 0 Å². The number of nitrogens with one attached hydrogen (secondary N) is 2. The maximum absolute atomic E-state index is 12.2. The maximum atomic E-state index is 12.2. The number of rotatable bonds is 5. The molecule has 1 aromatic heterocycles. The molecule has 0 aliphatic carbocycles. The second-order valence-corrected chi connectivity index (χ2v) is 7.10. The van der Waals surface area contributed by atoms with Crippen molar-refractivity contribution in [2.75, 3.05) is 10.0 Å². The Kier molecular flexibility index (Phi) is 4.69. The van der Waals surface area contributed by atoms with Gasteiger partial charge in [-0.15, -0.1) is 0 Å². The normalized spacial score (nSPS) is 11.0. The average molecular weight is 360 g/mol. The van der Waals surface area contributed by atoms with E-state index in [0.717, 1.165) is 11.4 Å². The first-order valence-corrected chi connectivity index (χ1v) is 8.95.